The summed E-state index contributed by atoms with van der Waals surface area (Å²) in [6.45, 7) is 5.60. The van der Waals surface area contributed by atoms with Crippen LogP contribution >= 0.6 is 0 Å². The lowest BCUT2D eigenvalue weighted by Gasteiger charge is -2.37. The van der Waals surface area contributed by atoms with Crippen LogP contribution in [0.25, 0.3) is 0 Å². The highest BCUT2D eigenvalue weighted by Crippen LogP contribution is 2.29. The number of hydrogen-bond acceptors (Lipinski definition) is 5. The zero-order valence-corrected chi connectivity index (χ0v) is 14.2. The molecule has 1 heterocycles. The molecule has 1 fully saturated rings. The molecule has 7 heteroatoms. The number of carboxylic acids is 1. The van der Waals surface area contributed by atoms with Crippen molar-refractivity contribution in [2.24, 2.45) is 5.92 Å². The molecule has 0 saturated carbocycles. The minimum atomic E-state index is -1.05. The van der Waals surface area contributed by atoms with Crippen molar-refractivity contribution in [2.75, 3.05) is 26.8 Å². The Morgan fingerprint density at radius 2 is 2.17 bits per heavy atom. The van der Waals surface area contributed by atoms with Gasteiger partial charge in [-0.1, -0.05) is 19.9 Å². The van der Waals surface area contributed by atoms with Gasteiger partial charge in [0.2, 0.25) is 5.91 Å². The summed E-state index contributed by atoms with van der Waals surface area (Å²) >= 11 is 0. The maximum atomic E-state index is 12.1. The molecule has 1 amide bonds. The van der Waals surface area contributed by atoms with Gasteiger partial charge in [0.15, 0.2) is 18.1 Å². The number of piperazine rings is 1. The second-order valence-corrected chi connectivity index (χ2v) is 6.12. The predicted molar refractivity (Wildman–Crippen MR) is 88.2 cm³/mol. The lowest BCUT2D eigenvalue weighted by molar-refractivity contribution is -0.139. The molecule has 1 aromatic rings. The highest BCUT2D eigenvalue weighted by molar-refractivity contribution is 5.82. The number of carbonyl (C=O) groups is 2. The number of nitrogens with zero attached hydrogens (tertiary/aromatic N) is 1. The summed E-state index contributed by atoms with van der Waals surface area (Å²) in [5.74, 6) is 0.0742. The third-order valence-electron chi connectivity index (χ3n) is 3.96. The Hall–Kier alpha value is -2.28. The van der Waals surface area contributed by atoms with Gasteiger partial charge in [-0.15, -0.1) is 0 Å². The number of rotatable bonds is 7. The second kappa shape index (κ2) is 8.01. The van der Waals surface area contributed by atoms with Crippen molar-refractivity contribution in [3.8, 4) is 11.5 Å². The maximum absolute atomic E-state index is 12.1. The Bertz CT molecular complexity index is 603. The van der Waals surface area contributed by atoms with E-state index in [4.69, 9.17) is 14.6 Å². The zero-order chi connectivity index (χ0) is 17.7. The van der Waals surface area contributed by atoms with Crippen LogP contribution in [0, 0.1) is 5.92 Å². The molecule has 1 saturated heterocycles. The van der Waals surface area contributed by atoms with E-state index < -0.39 is 12.6 Å². The SMILES string of the molecule is COc1ccc(CN2CCNC(=O)C2C(C)C)cc1OCC(=O)O. The summed E-state index contributed by atoms with van der Waals surface area (Å²) in [7, 11) is 1.51. The van der Waals surface area contributed by atoms with Gasteiger partial charge in [0, 0.05) is 19.6 Å². The average molecular weight is 336 g/mol. The molecule has 1 aliphatic heterocycles. The second-order valence-electron chi connectivity index (χ2n) is 6.12. The fraction of sp³-hybridized carbons (Fsp3) is 0.529. The highest BCUT2D eigenvalue weighted by atomic mass is 16.5. The zero-order valence-electron chi connectivity index (χ0n) is 14.2. The first-order chi connectivity index (χ1) is 11.4. The van der Waals surface area contributed by atoms with Crippen LogP contribution in [-0.4, -0.2) is 54.7 Å². The van der Waals surface area contributed by atoms with Crippen molar-refractivity contribution < 1.29 is 24.2 Å². The summed E-state index contributed by atoms with van der Waals surface area (Å²) in [5.41, 5.74) is 0.941. The molecule has 7 nitrogen and oxygen atoms in total. The molecule has 1 aromatic carbocycles. The van der Waals surface area contributed by atoms with E-state index in [0.29, 0.717) is 24.6 Å². The van der Waals surface area contributed by atoms with Crippen molar-refractivity contribution in [1.29, 1.82) is 0 Å². The van der Waals surface area contributed by atoms with Gasteiger partial charge in [0.25, 0.3) is 0 Å². The number of amides is 1. The van der Waals surface area contributed by atoms with E-state index in [1.807, 2.05) is 19.9 Å². The molecule has 1 atom stereocenters. The van der Waals surface area contributed by atoms with Crippen LogP contribution < -0.4 is 14.8 Å². The van der Waals surface area contributed by atoms with Crippen LogP contribution in [-0.2, 0) is 16.1 Å². The number of nitrogens with one attached hydrogen (secondary N) is 1. The highest BCUT2D eigenvalue weighted by Gasteiger charge is 2.32. The van der Waals surface area contributed by atoms with E-state index in [2.05, 4.69) is 10.2 Å². The first kappa shape index (κ1) is 18.1. The number of methoxy groups -OCH3 is 1. The van der Waals surface area contributed by atoms with Crippen LogP contribution in [0.2, 0.25) is 0 Å². The Morgan fingerprint density at radius 1 is 1.42 bits per heavy atom. The fourth-order valence-electron chi connectivity index (χ4n) is 2.94. The lowest BCUT2D eigenvalue weighted by Crippen LogP contribution is -2.56. The van der Waals surface area contributed by atoms with Gasteiger partial charge in [-0.05, 0) is 23.6 Å². The molecule has 132 valence electrons. The molecular weight excluding hydrogens is 312 g/mol. The normalized spacial score (nSPS) is 18.3. The number of aliphatic carboxylic acids is 1. The van der Waals surface area contributed by atoms with Crippen molar-refractivity contribution in [1.82, 2.24) is 10.2 Å². The van der Waals surface area contributed by atoms with E-state index in [-0.39, 0.29) is 17.9 Å². The number of carboxylic acid groups (broad SMARTS) is 1. The standard InChI is InChI=1S/C17H24N2O5/c1-11(2)16-17(22)18-6-7-19(16)9-12-4-5-13(23-3)14(8-12)24-10-15(20)21/h4-5,8,11,16H,6-7,9-10H2,1-3H3,(H,18,22)(H,20,21). The number of benzene rings is 1. The van der Waals surface area contributed by atoms with Crippen LogP contribution in [0.4, 0.5) is 0 Å². The molecule has 24 heavy (non-hydrogen) atoms. The number of hydrogen-bond donors (Lipinski definition) is 2. The molecule has 0 spiro atoms. The fourth-order valence-corrected chi connectivity index (χ4v) is 2.94. The number of ether oxygens (including phenoxy) is 2. The molecule has 0 radical (unpaired) electrons. The summed E-state index contributed by atoms with van der Waals surface area (Å²) in [5, 5.41) is 11.7. The Balaban J connectivity index is 2.17. The topological polar surface area (TPSA) is 88.1 Å². The van der Waals surface area contributed by atoms with E-state index in [9.17, 15) is 9.59 Å². The Morgan fingerprint density at radius 3 is 2.79 bits per heavy atom. The molecule has 2 rings (SSSR count). The van der Waals surface area contributed by atoms with Crippen LogP contribution in [0.3, 0.4) is 0 Å². The van der Waals surface area contributed by atoms with Gasteiger partial charge >= 0.3 is 5.97 Å². The smallest absolute Gasteiger partial charge is 0.341 e. The molecule has 0 aliphatic carbocycles. The van der Waals surface area contributed by atoms with Gasteiger partial charge < -0.3 is 19.9 Å². The minimum absolute atomic E-state index is 0.0483. The van der Waals surface area contributed by atoms with Gasteiger partial charge in [-0.3, -0.25) is 9.69 Å². The van der Waals surface area contributed by atoms with Crippen molar-refractivity contribution in [3.63, 3.8) is 0 Å². The minimum Gasteiger partial charge on any atom is -0.493 e. The maximum Gasteiger partial charge on any atom is 0.341 e. The van der Waals surface area contributed by atoms with Crippen molar-refractivity contribution in [2.45, 2.75) is 26.4 Å². The first-order valence-electron chi connectivity index (χ1n) is 7.95. The molecule has 0 aromatic heterocycles. The Labute approximate surface area is 141 Å². The van der Waals surface area contributed by atoms with Gasteiger partial charge in [-0.2, -0.15) is 0 Å². The third-order valence-corrected chi connectivity index (χ3v) is 3.96. The monoisotopic (exact) mass is 336 g/mol. The van der Waals surface area contributed by atoms with Crippen LogP contribution in [0.5, 0.6) is 11.5 Å². The molecule has 0 bridgehead atoms. The van der Waals surface area contributed by atoms with Crippen molar-refractivity contribution >= 4 is 11.9 Å². The quantitative estimate of drug-likeness (QED) is 0.776. The molecule has 1 aliphatic rings. The summed E-state index contributed by atoms with van der Waals surface area (Å²) in [6.07, 6.45) is 0. The first-order valence-corrected chi connectivity index (χ1v) is 7.95. The largest absolute Gasteiger partial charge is 0.493 e. The lowest BCUT2D eigenvalue weighted by atomic mass is 9.99. The van der Waals surface area contributed by atoms with E-state index in [0.717, 1.165) is 12.1 Å². The summed E-state index contributed by atoms with van der Waals surface area (Å²) < 4.78 is 10.5. The number of carbonyl (C=O) groups excluding carboxylic acids is 1. The summed E-state index contributed by atoms with van der Waals surface area (Å²) in [4.78, 5) is 25.0. The molecule has 1 unspecified atom stereocenters. The van der Waals surface area contributed by atoms with Crippen LogP contribution in [0.1, 0.15) is 19.4 Å². The van der Waals surface area contributed by atoms with E-state index in [1.54, 1.807) is 12.1 Å². The average Bonchev–Trinajstić information content (AvgIpc) is 2.52. The van der Waals surface area contributed by atoms with Crippen molar-refractivity contribution in [3.05, 3.63) is 23.8 Å². The molecular formula is C17H24N2O5. The summed E-state index contributed by atoms with van der Waals surface area (Å²) in [6, 6.07) is 5.24. The van der Waals surface area contributed by atoms with Gasteiger partial charge in [0.1, 0.15) is 0 Å². The predicted octanol–water partition coefficient (Wildman–Crippen LogP) is 1.11. The van der Waals surface area contributed by atoms with Gasteiger partial charge in [0.05, 0.1) is 13.2 Å². The van der Waals surface area contributed by atoms with E-state index >= 15 is 0 Å². The Kier molecular flexibility index (Phi) is 6.03. The third kappa shape index (κ3) is 4.38. The molecule has 2 N–H and O–H groups in total. The van der Waals surface area contributed by atoms with Crippen LogP contribution in [0.15, 0.2) is 18.2 Å². The van der Waals surface area contributed by atoms with Gasteiger partial charge in [-0.25, -0.2) is 4.79 Å². The van der Waals surface area contributed by atoms with E-state index in [1.165, 1.54) is 7.11 Å².